The van der Waals surface area contributed by atoms with Gasteiger partial charge in [0.25, 0.3) is 5.88 Å². The number of hydrogen-bond acceptors (Lipinski definition) is 5. The van der Waals surface area contributed by atoms with Gasteiger partial charge in [-0.05, 0) is 29.8 Å². The van der Waals surface area contributed by atoms with Gasteiger partial charge in [-0.15, -0.1) is 0 Å². The van der Waals surface area contributed by atoms with Crippen molar-refractivity contribution in [2.75, 3.05) is 26.3 Å². The molecule has 0 saturated carbocycles. The normalized spacial score (nSPS) is 15.9. The number of aromatic nitrogens is 1. The van der Waals surface area contributed by atoms with Gasteiger partial charge in [0.15, 0.2) is 5.96 Å². The lowest BCUT2D eigenvalue weighted by Crippen LogP contribution is -2.44. The number of benzene rings is 2. The smallest absolute Gasteiger partial charge is 0.253 e. The number of hydrogen-bond donors (Lipinski definition) is 1. The van der Waals surface area contributed by atoms with E-state index in [1.807, 2.05) is 65.6 Å². The summed E-state index contributed by atoms with van der Waals surface area (Å²) in [6.45, 7) is 4.81. The van der Waals surface area contributed by atoms with Gasteiger partial charge in [-0.3, -0.25) is 0 Å². The first-order valence-electron chi connectivity index (χ1n) is 9.65. The second-order valence-electron chi connectivity index (χ2n) is 6.87. The Morgan fingerprint density at radius 2 is 1.83 bits per heavy atom. The average Bonchev–Trinajstić information content (AvgIpc) is 3.23. The maximum absolute atomic E-state index is 6.09. The highest BCUT2D eigenvalue weighted by Crippen LogP contribution is 2.30. The number of aliphatic imine (C=N–C) groups is 1. The maximum Gasteiger partial charge on any atom is 0.253 e. The Balaban J connectivity index is 1.47. The Labute approximate surface area is 169 Å². The summed E-state index contributed by atoms with van der Waals surface area (Å²) in [4.78, 5) is 6.34. The van der Waals surface area contributed by atoms with Gasteiger partial charge in [-0.1, -0.05) is 42.4 Å². The molecule has 1 atom stereocenters. The number of ether oxygens (including phenoxy) is 2. The van der Waals surface area contributed by atoms with Gasteiger partial charge in [0.2, 0.25) is 0 Å². The molecule has 4 rings (SSSR count). The van der Waals surface area contributed by atoms with Crippen LogP contribution in [0.5, 0.6) is 11.5 Å². The highest BCUT2D eigenvalue weighted by atomic mass is 16.5. The third-order valence-corrected chi connectivity index (χ3v) is 4.86. The SMILES string of the molecule is CC(c1cccc(Oc2ccccc2)c1)c1cc(N=C(N)N2CCOCC2)on1. The molecule has 1 unspecified atom stereocenters. The molecule has 29 heavy (non-hydrogen) atoms. The van der Waals surface area contributed by atoms with Crippen LogP contribution in [-0.2, 0) is 4.74 Å². The van der Waals surface area contributed by atoms with Gasteiger partial charge in [0.05, 0.1) is 18.9 Å². The fraction of sp³-hybridized carbons (Fsp3) is 0.273. The molecule has 0 bridgehead atoms. The van der Waals surface area contributed by atoms with Crippen LogP contribution >= 0.6 is 0 Å². The largest absolute Gasteiger partial charge is 0.457 e. The summed E-state index contributed by atoms with van der Waals surface area (Å²) in [7, 11) is 0. The zero-order chi connectivity index (χ0) is 20.1. The van der Waals surface area contributed by atoms with E-state index in [1.165, 1.54) is 0 Å². The Morgan fingerprint density at radius 3 is 2.62 bits per heavy atom. The molecular weight excluding hydrogens is 368 g/mol. The maximum atomic E-state index is 6.09. The van der Waals surface area contributed by atoms with Gasteiger partial charge >= 0.3 is 0 Å². The van der Waals surface area contributed by atoms with Gasteiger partial charge in [-0.25, -0.2) is 0 Å². The van der Waals surface area contributed by atoms with Crippen LogP contribution in [0.2, 0.25) is 0 Å². The van der Waals surface area contributed by atoms with Crippen LogP contribution in [0.25, 0.3) is 0 Å². The van der Waals surface area contributed by atoms with Crippen LogP contribution in [0.3, 0.4) is 0 Å². The first-order valence-corrected chi connectivity index (χ1v) is 9.65. The van der Waals surface area contributed by atoms with E-state index >= 15 is 0 Å². The molecule has 1 saturated heterocycles. The van der Waals surface area contributed by atoms with Crippen molar-refractivity contribution in [1.29, 1.82) is 0 Å². The number of para-hydroxylation sites is 1. The minimum atomic E-state index is 0.0200. The lowest BCUT2D eigenvalue weighted by Gasteiger charge is -2.27. The highest BCUT2D eigenvalue weighted by molar-refractivity contribution is 5.80. The fourth-order valence-electron chi connectivity index (χ4n) is 3.15. The zero-order valence-corrected chi connectivity index (χ0v) is 16.3. The van der Waals surface area contributed by atoms with Crippen LogP contribution in [0.4, 0.5) is 5.88 Å². The van der Waals surface area contributed by atoms with Crippen molar-refractivity contribution in [3.63, 3.8) is 0 Å². The van der Waals surface area contributed by atoms with E-state index in [4.69, 9.17) is 19.7 Å². The first-order chi connectivity index (χ1) is 14.2. The van der Waals surface area contributed by atoms with Gasteiger partial charge in [0, 0.05) is 25.1 Å². The Kier molecular flexibility index (Phi) is 5.76. The van der Waals surface area contributed by atoms with Gasteiger partial charge in [0.1, 0.15) is 11.5 Å². The van der Waals surface area contributed by atoms with Crippen molar-refractivity contribution >= 4 is 11.8 Å². The molecule has 1 aliphatic rings. The molecular formula is C22H24N4O3. The third-order valence-electron chi connectivity index (χ3n) is 4.86. The summed E-state index contributed by atoms with van der Waals surface area (Å²) in [5.74, 6) is 2.41. The second kappa shape index (κ2) is 8.79. The van der Waals surface area contributed by atoms with E-state index in [0.717, 1.165) is 35.8 Å². The van der Waals surface area contributed by atoms with Crippen molar-refractivity contribution in [3.8, 4) is 11.5 Å². The number of guanidine groups is 1. The van der Waals surface area contributed by atoms with Crippen LogP contribution < -0.4 is 10.5 Å². The molecule has 0 amide bonds. The van der Waals surface area contributed by atoms with E-state index in [0.29, 0.717) is 25.1 Å². The first kappa shape index (κ1) is 19.0. The van der Waals surface area contributed by atoms with Crippen molar-refractivity contribution in [1.82, 2.24) is 10.1 Å². The monoisotopic (exact) mass is 392 g/mol. The number of nitrogens with two attached hydrogens (primary N) is 1. The number of morpholine rings is 1. The molecule has 1 aliphatic heterocycles. The van der Waals surface area contributed by atoms with Gasteiger partial charge in [-0.2, -0.15) is 4.99 Å². The molecule has 7 nitrogen and oxygen atoms in total. The second-order valence-corrected chi connectivity index (χ2v) is 6.87. The van der Waals surface area contributed by atoms with Crippen LogP contribution in [0.15, 0.2) is 70.2 Å². The summed E-state index contributed by atoms with van der Waals surface area (Å²) in [6, 6.07) is 19.5. The Hall–Kier alpha value is -3.32. The van der Waals surface area contributed by atoms with Crippen LogP contribution in [0.1, 0.15) is 24.1 Å². The lowest BCUT2D eigenvalue weighted by atomic mass is 9.98. The Bertz CT molecular complexity index is 965. The highest BCUT2D eigenvalue weighted by Gasteiger charge is 2.17. The van der Waals surface area contributed by atoms with E-state index in [2.05, 4.69) is 17.1 Å². The van der Waals surface area contributed by atoms with E-state index in [1.54, 1.807) is 0 Å². The average molecular weight is 392 g/mol. The number of rotatable bonds is 5. The molecule has 0 spiro atoms. The summed E-state index contributed by atoms with van der Waals surface area (Å²) in [5, 5.41) is 4.18. The molecule has 0 radical (unpaired) electrons. The molecule has 2 heterocycles. The lowest BCUT2D eigenvalue weighted by molar-refractivity contribution is 0.0675. The van der Waals surface area contributed by atoms with Crippen molar-refractivity contribution in [3.05, 3.63) is 71.9 Å². The minimum Gasteiger partial charge on any atom is -0.457 e. The summed E-state index contributed by atoms with van der Waals surface area (Å²) >= 11 is 0. The van der Waals surface area contributed by atoms with Crippen molar-refractivity contribution in [2.24, 2.45) is 10.7 Å². The molecule has 7 heteroatoms. The van der Waals surface area contributed by atoms with Crippen LogP contribution in [0, 0.1) is 0 Å². The predicted octanol–water partition coefficient (Wildman–Crippen LogP) is 3.90. The molecule has 0 aliphatic carbocycles. The summed E-state index contributed by atoms with van der Waals surface area (Å²) in [6.07, 6.45) is 0. The third kappa shape index (κ3) is 4.75. The summed E-state index contributed by atoms with van der Waals surface area (Å²) in [5.41, 5.74) is 7.95. The standard InChI is InChI=1S/C22H24N4O3/c1-16(17-6-5-9-19(14-17)28-18-7-3-2-4-8-18)20-15-21(29-25-20)24-22(23)26-10-12-27-13-11-26/h2-9,14-16H,10-13H2,1H3,(H2,23,24). The fourth-order valence-corrected chi connectivity index (χ4v) is 3.15. The van der Waals surface area contributed by atoms with Crippen LogP contribution in [-0.4, -0.2) is 42.3 Å². The Morgan fingerprint density at radius 1 is 1.07 bits per heavy atom. The molecule has 150 valence electrons. The molecule has 2 N–H and O–H groups in total. The quantitative estimate of drug-likeness (QED) is 0.524. The van der Waals surface area contributed by atoms with Gasteiger partial charge < -0.3 is 24.6 Å². The molecule has 1 fully saturated rings. The number of nitrogens with zero attached hydrogens (tertiary/aromatic N) is 3. The van der Waals surface area contributed by atoms with E-state index in [-0.39, 0.29) is 5.92 Å². The van der Waals surface area contributed by atoms with Crippen molar-refractivity contribution < 1.29 is 14.0 Å². The summed E-state index contributed by atoms with van der Waals surface area (Å²) < 4.78 is 16.7. The molecule has 3 aromatic rings. The van der Waals surface area contributed by atoms with E-state index in [9.17, 15) is 0 Å². The van der Waals surface area contributed by atoms with Crippen molar-refractivity contribution in [2.45, 2.75) is 12.8 Å². The predicted molar refractivity (Wildman–Crippen MR) is 111 cm³/mol. The molecule has 2 aromatic carbocycles. The topological polar surface area (TPSA) is 86.1 Å². The molecule has 1 aromatic heterocycles. The minimum absolute atomic E-state index is 0.0200. The van der Waals surface area contributed by atoms with E-state index < -0.39 is 0 Å². The zero-order valence-electron chi connectivity index (χ0n) is 16.3.